The Morgan fingerprint density at radius 3 is 2.37 bits per heavy atom. The number of non-ortho nitro benzene ring substituents is 1. The summed E-state index contributed by atoms with van der Waals surface area (Å²) in [6.07, 6.45) is 1.40. The largest absolute Gasteiger partial charge is 0.468 e. The van der Waals surface area contributed by atoms with Gasteiger partial charge in [0, 0.05) is 17.7 Å². The molecule has 27 heavy (non-hydrogen) atoms. The standard InChI is InChI=1S/C20H17N3O4/c1-27-19(24)20(11-12-20)18-13-17(14-5-3-2-4-6-14)22(21-18)15-7-9-16(10-8-15)23(25)26/h2-10,13H,11-12H2,1H3. The summed E-state index contributed by atoms with van der Waals surface area (Å²) < 4.78 is 6.69. The average molecular weight is 363 g/mol. The molecule has 2 aromatic carbocycles. The number of carbonyl (C=O) groups is 1. The molecular weight excluding hydrogens is 346 g/mol. The minimum Gasteiger partial charge on any atom is -0.468 e. The van der Waals surface area contributed by atoms with E-state index in [9.17, 15) is 14.9 Å². The van der Waals surface area contributed by atoms with Crippen LogP contribution in [0.25, 0.3) is 16.9 Å². The second-order valence-electron chi connectivity index (χ2n) is 6.54. The Morgan fingerprint density at radius 1 is 1.15 bits per heavy atom. The van der Waals surface area contributed by atoms with Crippen LogP contribution in [0, 0.1) is 10.1 Å². The maximum Gasteiger partial charge on any atom is 0.317 e. The number of benzene rings is 2. The molecule has 0 spiro atoms. The summed E-state index contributed by atoms with van der Waals surface area (Å²) in [6.45, 7) is 0. The van der Waals surface area contributed by atoms with Gasteiger partial charge in [0.2, 0.25) is 0 Å². The van der Waals surface area contributed by atoms with Crippen molar-refractivity contribution in [1.29, 1.82) is 0 Å². The first-order chi connectivity index (χ1) is 13.0. The molecule has 1 saturated carbocycles. The second kappa shape index (κ2) is 6.35. The van der Waals surface area contributed by atoms with Crippen LogP contribution in [0.5, 0.6) is 0 Å². The van der Waals surface area contributed by atoms with Crippen molar-refractivity contribution in [3.8, 4) is 16.9 Å². The van der Waals surface area contributed by atoms with E-state index in [1.165, 1.54) is 19.2 Å². The number of rotatable bonds is 5. The van der Waals surface area contributed by atoms with E-state index in [2.05, 4.69) is 5.10 Å². The fraction of sp³-hybridized carbons (Fsp3) is 0.200. The van der Waals surface area contributed by atoms with Gasteiger partial charge in [-0.1, -0.05) is 30.3 Å². The van der Waals surface area contributed by atoms with Gasteiger partial charge in [-0.15, -0.1) is 0 Å². The van der Waals surface area contributed by atoms with Crippen LogP contribution in [0.4, 0.5) is 5.69 Å². The molecule has 136 valence electrons. The molecule has 1 fully saturated rings. The van der Waals surface area contributed by atoms with E-state index in [0.717, 1.165) is 11.3 Å². The third-order valence-electron chi connectivity index (χ3n) is 4.90. The SMILES string of the molecule is COC(=O)C1(c2cc(-c3ccccc3)n(-c3ccc([N+](=O)[O-])cc3)n2)CC1. The van der Waals surface area contributed by atoms with Gasteiger partial charge in [0.05, 0.1) is 29.1 Å². The monoisotopic (exact) mass is 363 g/mol. The van der Waals surface area contributed by atoms with Gasteiger partial charge >= 0.3 is 5.97 Å². The van der Waals surface area contributed by atoms with Crippen LogP contribution in [-0.2, 0) is 14.9 Å². The minimum atomic E-state index is -0.690. The highest BCUT2D eigenvalue weighted by molar-refractivity contribution is 5.86. The van der Waals surface area contributed by atoms with E-state index in [4.69, 9.17) is 4.74 Å². The highest BCUT2D eigenvalue weighted by Gasteiger charge is 2.54. The molecule has 0 aliphatic heterocycles. The summed E-state index contributed by atoms with van der Waals surface area (Å²) >= 11 is 0. The predicted molar refractivity (Wildman–Crippen MR) is 98.6 cm³/mol. The van der Waals surface area contributed by atoms with E-state index in [1.807, 2.05) is 36.4 Å². The predicted octanol–water partition coefficient (Wildman–Crippen LogP) is 3.65. The quantitative estimate of drug-likeness (QED) is 0.392. The lowest BCUT2D eigenvalue weighted by Crippen LogP contribution is -2.22. The maximum atomic E-state index is 12.3. The summed E-state index contributed by atoms with van der Waals surface area (Å²) in [6, 6.07) is 17.8. The summed E-state index contributed by atoms with van der Waals surface area (Å²) in [4.78, 5) is 22.7. The van der Waals surface area contributed by atoms with Gasteiger partial charge in [0.15, 0.2) is 0 Å². The number of nitrogens with zero attached hydrogens (tertiary/aromatic N) is 3. The van der Waals surface area contributed by atoms with Gasteiger partial charge in [-0.05, 0) is 31.0 Å². The maximum absolute atomic E-state index is 12.3. The van der Waals surface area contributed by atoms with Crippen molar-refractivity contribution in [1.82, 2.24) is 9.78 Å². The molecule has 0 N–H and O–H groups in total. The zero-order valence-electron chi connectivity index (χ0n) is 14.7. The molecule has 0 atom stereocenters. The lowest BCUT2D eigenvalue weighted by atomic mass is 10.0. The molecule has 0 unspecified atom stereocenters. The molecule has 1 aromatic heterocycles. The lowest BCUT2D eigenvalue weighted by Gasteiger charge is -2.09. The van der Waals surface area contributed by atoms with Crippen molar-refractivity contribution in [2.45, 2.75) is 18.3 Å². The molecular formula is C20H17N3O4. The smallest absolute Gasteiger partial charge is 0.317 e. The van der Waals surface area contributed by atoms with Crippen molar-refractivity contribution in [3.63, 3.8) is 0 Å². The highest BCUT2D eigenvalue weighted by Crippen LogP contribution is 2.49. The van der Waals surface area contributed by atoms with E-state index in [0.29, 0.717) is 24.2 Å². The van der Waals surface area contributed by atoms with Crippen LogP contribution in [0.2, 0.25) is 0 Å². The molecule has 0 radical (unpaired) electrons. The van der Waals surface area contributed by atoms with Crippen LogP contribution < -0.4 is 0 Å². The first-order valence-electron chi connectivity index (χ1n) is 8.54. The molecule has 7 nitrogen and oxygen atoms in total. The first kappa shape index (κ1) is 17.0. The Kier molecular flexibility index (Phi) is 3.99. The topological polar surface area (TPSA) is 87.3 Å². The van der Waals surface area contributed by atoms with Crippen molar-refractivity contribution in [2.24, 2.45) is 0 Å². The van der Waals surface area contributed by atoms with Crippen molar-refractivity contribution in [2.75, 3.05) is 7.11 Å². The Labute approximate surface area is 155 Å². The highest BCUT2D eigenvalue weighted by atomic mass is 16.6. The minimum absolute atomic E-state index is 0.0145. The van der Waals surface area contributed by atoms with Gasteiger partial charge in [-0.2, -0.15) is 5.10 Å². The molecule has 0 saturated heterocycles. The molecule has 1 aliphatic rings. The molecule has 1 heterocycles. The molecule has 0 amide bonds. The number of esters is 1. The zero-order chi connectivity index (χ0) is 19.0. The van der Waals surface area contributed by atoms with Crippen molar-refractivity contribution >= 4 is 11.7 Å². The molecule has 4 rings (SSSR count). The number of nitro benzene ring substituents is 1. The van der Waals surface area contributed by atoms with E-state index in [-0.39, 0.29) is 11.7 Å². The number of methoxy groups -OCH3 is 1. The number of aromatic nitrogens is 2. The lowest BCUT2D eigenvalue weighted by molar-refractivity contribution is -0.384. The van der Waals surface area contributed by atoms with Gasteiger partial charge in [-0.25, -0.2) is 4.68 Å². The van der Waals surface area contributed by atoms with Gasteiger partial charge in [-0.3, -0.25) is 14.9 Å². The second-order valence-corrected chi connectivity index (χ2v) is 6.54. The van der Waals surface area contributed by atoms with Crippen LogP contribution >= 0.6 is 0 Å². The zero-order valence-corrected chi connectivity index (χ0v) is 14.7. The van der Waals surface area contributed by atoms with Crippen LogP contribution in [0.3, 0.4) is 0 Å². The molecule has 3 aromatic rings. The van der Waals surface area contributed by atoms with Crippen LogP contribution in [-0.4, -0.2) is 27.8 Å². The van der Waals surface area contributed by atoms with E-state index >= 15 is 0 Å². The fourth-order valence-electron chi connectivity index (χ4n) is 3.23. The van der Waals surface area contributed by atoms with Crippen LogP contribution in [0.1, 0.15) is 18.5 Å². The Hall–Kier alpha value is -3.48. The van der Waals surface area contributed by atoms with Gasteiger partial charge in [0.25, 0.3) is 5.69 Å². The number of hydrogen-bond acceptors (Lipinski definition) is 5. The fourth-order valence-corrected chi connectivity index (χ4v) is 3.23. The van der Waals surface area contributed by atoms with Crippen LogP contribution in [0.15, 0.2) is 60.7 Å². The summed E-state index contributed by atoms with van der Waals surface area (Å²) in [5, 5.41) is 15.6. The number of carbonyl (C=O) groups excluding carboxylic acids is 1. The Morgan fingerprint density at radius 2 is 1.81 bits per heavy atom. The first-order valence-corrected chi connectivity index (χ1v) is 8.54. The average Bonchev–Trinajstić information content (AvgIpc) is 3.40. The number of ether oxygens (including phenoxy) is 1. The van der Waals surface area contributed by atoms with E-state index in [1.54, 1.807) is 16.8 Å². The third kappa shape index (κ3) is 2.87. The van der Waals surface area contributed by atoms with Gasteiger partial charge < -0.3 is 4.74 Å². The molecule has 0 bridgehead atoms. The summed E-state index contributed by atoms with van der Waals surface area (Å²) in [7, 11) is 1.38. The number of hydrogen-bond donors (Lipinski definition) is 0. The molecule has 7 heteroatoms. The van der Waals surface area contributed by atoms with E-state index < -0.39 is 10.3 Å². The number of nitro groups is 1. The van der Waals surface area contributed by atoms with Crippen molar-refractivity contribution < 1.29 is 14.5 Å². The third-order valence-corrected chi connectivity index (χ3v) is 4.90. The summed E-state index contributed by atoms with van der Waals surface area (Å²) in [5.74, 6) is -0.282. The Bertz CT molecular complexity index is 1010. The Balaban J connectivity index is 1.84. The normalized spacial score (nSPS) is 14.6. The summed E-state index contributed by atoms with van der Waals surface area (Å²) in [5.41, 5.74) is 2.42. The van der Waals surface area contributed by atoms with Gasteiger partial charge in [0.1, 0.15) is 5.41 Å². The van der Waals surface area contributed by atoms with Crippen molar-refractivity contribution in [3.05, 3.63) is 76.5 Å². The molecule has 1 aliphatic carbocycles.